The summed E-state index contributed by atoms with van der Waals surface area (Å²) in [5.41, 5.74) is 0.567. The molecule has 0 amide bonds. The molecule has 5 rings (SSSR count). The molecule has 0 aromatic rings. The van der Waals surface area contributed by atoms with Gasteiger partial charge in [0.2, 0.25) is 0 Å². The van der Waals surface area contributed by atoms with E-state index in [2.05, 4.69) is 13.8 Å². The molecule has 0 radical (unpaired) electrons. The lowest BCUT2D eigenvalue weighted by Gasteiger charge is -2.62. The molecule has 0 bridgehead atoms. The van der Waals surface area contributed by atoms with Crippen LogP contribution in [0.15, 0.2) is 0 Å². The van der Waals surface area contributed by atoms with Crippen LogP contribution < -0.4 is 0 Å². The predicted molar refractivity (Wildman–Crippen MR) is 92.4 cm³/mol. The molecule has 5 aliphatic rings. The third-order valence-corrected chi connectivity index (χ3v) is 9.35. The largest absolute Gasteiger partial charge is 0.393 e. The Morgan fingerprint density at radius 1 is 0.792 bits per heavy atom. The molecule has 0 aromatic heterocycles. The summed E-state index contributed by atoms with van der Waals surface area (Å²) in [6.07, 6.45) is 11.0. The Morgan fingerprint density at radius 2 is 1.54 bits per heavy atom. The fourth-order valence-electron chi connectivity index (χ4n) is 8.06. The molecule has 1 saturated heterocycles. The minimum atomic E-state index is -0.261. The lowest BCUT2D eigenvalue weighted by Crippen LogP contribution is -2.57. The molecule has 3 nitrogen and oxygen atoms in total. The van der Waals surface area contributed by atoms with Crippen LogP contribution in [-0.2, 0) is 9.47 Å². The molecule has 0 aromatic carbocycles. The number of rotatable bonds is 0. The van der Waals surface area contributed by atoms with Crippen LogP contribution in [-0.4, -0.2) is 30.2 Å². The maximum Gasteiger partial charge on any atom is 0.169 e. The van der Waals surface area contributed by atoms with Crippen molar-refractivity contribution in [2.75, 3.05) is 13.2 Å². The molecule has 136 valence electrons. The van der Waals surface area contributed by atoms with Crippen molar-refractivity contribution in [2.45, 2.75) is 83.5 Å². The van der Waals surface area contributed by atoms with E-state index in [-0.39, 0.29) is 17.3 Å². The van der Waals surface area contributed by atoms with Crippen molar-refractivity contribution >= 4 is 0 Å². The molecule has 1 heterocycles. The lowest BCUT2D eigenvalue weighted by atomic mass is 9.44. The molecule has 1 aliphatic heterocycles. The monoisotopic (exact) mass is 334 g/mol. The Bertz CT molecular complexity index is 513. The van der Waals surface area contributed by atoms with Gasteiger partial charge in [-0.3, -0.25) is 0 Å². The van der Waals surface area contributed by atoms with Crippen LogP contribution in [0, 0.1) is 34.5 Å². The van der Waals surface area contributed by atoms with Gasteiger partial charge >= 0.3 is 0 Å². The van der Waals surface area contributed by atoms with Gasteiger partial charge in [-0.2, -0.15) is 0 Å². The first kappa shape index (κ1) is 16.1. The highest BCUT2D eigenvalue weighted by molar-refractivity contribution is 5.10. The standard InChI is InChI=1S/C21H34O3/c1-19-9-8-17-15(16(19)5-6-18(19)22)4-3-14-7-10-21(13-20(14,17)2)23-11-12-24-21/h14-18,22H,3-13H2,1-2H3/t14-,15-,16+,17-,18+,19+,20-/m0/s1. The van der Waals surface area contributed by atoms with Gasteiger partial charge in [0.25, 0.3) is 0 Å². The average molecular weight is 334 g/mol. The number of hydrogen-bond acceptors (Lipinski definition) is 3. The van der Waals surface area contributed by atoms with Crippen LogP contribution in [0.4, 0.5) is 0 Å². The molecule has 1 N–H and O–H groups in total. The fraction of sp³-hybridized carbons (Fsp3) is 1.00. The second kappa shape index (κ2) is 5.20. The summed E-state index contributed by atoms with van der Waals surface area (Å²) in [6.45, 7) is 6.50. The molecule has 0 unspecified atom stereocenters. The fourth-order valence-corrected chi connectivity index (χ4v) is 8.06. The van der Waals surface area contributed by atoms with Crippen molar-refractivity contribution in [3.8, 4) is 0 Å². The van der Waals surface area contributed by atoms with E-state index in [0.29, 0.717) is 5.41 Å². The Kier molecular flexibility index (Phi) is 3.49. The maximum absolute atomic E-state index is 10.6. The van der Waals surface area contributed by atoms with Gasteiger partial charge in [0.15, 0.2) is 5.79 Å². The third-order valence-electron chi connectivity index (χ3n) is 9.35. The summed E-state index contributed by atoms with van der Waals surface area (Å²) < 4.78 is 12.3. The zero-order chi connectivity index (χ0) is 16.6. The highest BCUT2D eigenvalue weighted by Crippen LogP contribution is 2.67. The molecular weight excluding hydrogens is 300 g/mol. The average Bonchev–Trinajstić information content (AvgIpc) is 3.12. The van der Waals surface area contributed by atoms with Crippen LogP contribution in [0.5, 0.6) is 0 Å². The molecule has 1 spiro atoms. The van der Waals surface area contributed by atoms with E-state index in [4.69, 9.17) is 9.47 Å². The third kappa shape index (κ3) is 2.01. The minimum absolute atomic E-state index is 0.0619. The van der Waals surface area contributed by atoms with Gasteiger partial charge in [-0.15, -0.1) is 0 Å². The Labute approximate surface area is 146 Å². The molecule has 5 fully saturated rings. The lowest BCUT2D eigenvalue weighted by molar-refractivity contribution is -0.239. The molecular formula is C21H34O3. The van der Waals surface area contributed by atoms with E-state index >= 15 is 0 Å². The number of hydrogen-bond donors (Lipinski definition) is 1. The Balaban J connectivity index is 1.46. The molecule has 7 atom stereocenters. The summed E-state index contributed by atoms with van der Waals surface area (Å²) in [7, 11) is 0. The van der Waals surface area contributed by atoms with Crippen molar-refractivity contribution in [1.82, 2.24) is 0 Å². The van der Waals surface area contributed by atoms with Gasteiger partial charge in [0.05, 0.1) is 19.3 Å². The van der Waals surface area contributed by atoms with E-state index < -0.39 is 0 Å². The quantitative estimate of drug-likeness (QED) is 0.724. The first-order chi connectivity index (χ1) is 11.5. The summed E-state index contributed by atoms with van der Waals surface area (Å²) in [4.78, 5) is 0. The second-order valence-electron chi connectivity index (χ2n) is 10.1. The van der Waals surface area contributed by atoms with E-state index in [0.717, 1.165) is 56.1 Å². The highest BCUT2D eigenvalue weighted by Gasteiger charge is 2.62. The van der Waals surface area contributed by atoms with Crippen molar-refractivity contribution in [2.24, 2.45) is 34.5 Å². The molecule has 4 saturated carbocycles. The van der Waals surface area contributed by atoms with Gasteiger partial charge in [0, 0.05) is 12.8 Å². The van der Waals surface area contributed by atoms with Crippen LogP contribution >= 0.6 is 0 Å². The van der Waals surface area contributed by atoms with Crippen molar-refractivity contribution in [3.63, 3.8) is 0 Å². The van der Waals surface area contributed by atoms with E-state index in [1.807, 2.05) is 0 Å². The smallest absolute Gasteiger partial charge is 0.169 e. The van der Waals surface area contributed by atoms with Crippen molar-refractivity contribution in [3.05, 3.63) is 0 Å². The van der Waals surface area contributed by atoms with Crippen LogP contribution in [0.3, 0.4) is 0 Å². The summed E-state index contributed by atoms with van der Waals surface area (Å²) in [5, 5.41) is 10.6. The summed E-state index contributed by atoms with van der Waals surface area (Å²) in [5.74, 6) is 2.96. The molecule has 24 heavy (non-hydrogen) atoms. The number of ether oxygens (including phenoxy) is 2. The van der Waals surface area contributed by atoms with Crippen molar-refractivity contribution < 1.29 is 14.6 Å². The van der Waals surface area contributed by atoms with Gasteiger partial charge in [0.1, 0.15) is 0 Å². The van der Waals surface area contributed by atoms with E-state index in [1.54, 1.807) is 0 Å². The van der Waals surface area contributed by atoms with Crippen LogP contribution in [0.2, 0.25) is 0 Å². The predicted octanol–water partition coefficient (Wildman–Crippen LogP) is 4.13. The SMILES string of the molecule is C[C@@]12CC[C@H]3[C@@H](CC[C@H]4CCC5(C[C@@]43C)OCCO5)[C@H]1CC[C@H]2O. The van der Waals surface area contributed by atoms with Crippen LogP contribution in [0.1, 0.15) is 71.6 Å². The van der Waals surface area contributed by atoms with E-state index in [1.165, 1.54) is 38.5 Å². The minimum Gasteiger partial charge on any atom is -0.393 e. The highest BCUT2D eigenvalue weighted by atomic mass is 16.7. The summed E-state index contributed by atoms with van der Waals surface area (Å²) in [6, 6.07) is 0. The maximum atomic E-state index is 10.6. The van der Waals surface area contributed by atoms with Crippen LogP contribution in [0.25, 0.3) is 0 Å². The Hall–Kier alpha value is -0.120. The normalized spacial score (nSPS) is 55.9. The molecule has 3 heteroatoms. The van der Waals surface area contributed by atoms with Gasteiger partial charge in [-0.1, -0.05) is 13.8 Å². The zero-order valence-corrected chi connectivity index (χ0v) is 15.4. The van der Waals surface area contributed by atoms with Gasteiger partial charge in [-0.05, 0) is 79.4 Å². The second-order valence-corrected chi connectivity index (χ2v) is 10.1. The van der Waals surface area contributed by atoms with E-state index in [9.17, 15) is 5.11 Å². The van der Waals surface area contributed by atoms with Gasteiger partial charge in [-0.25, -0.2) is 0 Å². The van der Waals surface area contributed by atoms with Crippen molar-refractivity contribution in [1.29, 1.82) is 0 Å². The number of aliphatic hydroxyl groups excluding tert-OH is 1. The first-order valence-corrected chi connectivity index (χ1v) is 10.4. The zero-order valence-electron chi connectivity index (χ0n) is 15.4. The number of aliphatic hydroxyl groups is 1. The Morgan fingerprint density at radius 3 is 2.33 bits per heavy atom. The topological polar surface area (TPSA) is 38.7 Å². The number of fused-ring (bicyclic) bond motifs is 5. The van der Waals surface area contributed by atoms with Gasteiger partial charge < -0.3 is 14.6 Å². The first-order valence-electron chi connectivity index (χ1n) is 10.4. The molecule has 4 aliphatic carbocycles. The summed E-state index contributed by atoms with van der Waals surface area (Å²) >= 11 is 0.